The molecule has 10 heteroatoms. The molecule has 1 saturated heterocycles. The number of aryl methyl sites for hydroxylation is 2. The van der Waals surface area contributed by atoms with Crippen molar-refractivity contribution in [3.05, 3.63) is 46.0 Å². The molecule has 41 heavy (non-hydrogen) atoms. The van der Waals surface area contributed by atoms with Crippen LogP contribution in [0.3, 0.4) is 0 Å². The van der Waals surface area contributed by atoms with Crippen molar-refractivity contribution in [2.24, 2.45) is 0 Å². The Hall–Kier alpha value is -2.85. The van der Waals surface area contributed by atoms with E-state index in [0.29, 0.717) is 52.3 Å². The number of benzene rings is 1. The second kappa shape index (κ2) is 9.87. The number of hydrogen-bond acceptors (Lipinski definition) is 6. The maximum absolute atomic E-state index is 14.2. The highest BCUT2D eigenvalue weighted by atomic mass is 32.1. The Kier molecular flexibility index (Phi) is 6.80. The fourth-order valence-electron chi connectivity index (χ4n) is 6.86. The first-order valence-electron chi connectivity index (χ1n) is 14.3. The lowest BCUT2D eigenvalue weighted by Crippen LogP contribution is -2.53. The number of aromatic nitrogens is 1. The zero-order chi connectivity index (χ0) is 29.3. The molecule has 1 amide bonds. The van der Waals surface area contributed by atoms with Crippen molar-refractivity contribution in [1.82, 2.24) is 9.88 Å². The van der Waals surface area contributed by atoms with Gasteiger partial charge in [0.15, 0.2) is 0 Å². The fraction of sp³-hybridized carbons (Fsp3) is 0.548. The Labute approximate surface area is 242 Å². The molecular weight excluding hydrogens is 551 g/mol. The van der Waals surface area contributed by atoms with Gasteiger partial charge < -0.3 is 19.6 Å². The lowest BCUT2D eigenvalue weighted by molar-refractivity contribution is -0.137. The summed E-state index contributed by atoms with van der Waals surface area (Å²) in [6.07, 6.45) is 0.117. The van der Waals surface area contributed by atoms with Crippen molar-refractivity contribution in [1.29, 1.82) is 0 Å². The summed E-state index contributed by atoms with van der Waals surface area (Å²) in [5.41, 5.74) is 2.58. The molecule has 2 aromatic heterocycles. The summed E-state index contributed by atoms with van der Waals surface area (Å²) in [4.78, 5) is 22.8. The van der Waals surface area contributed by atoms with Gasteiger partial charge in [-0.1, -0.05) is 0 Å². The molecule has 1 atom stereocenters. The Morgan fingerprint density at radius 1 is 1.15 bits per heavy atom. The van der Waals surface area contributed by atoms with Crippen molar-refractivity contribution in [3.63, 3.8) is 0 Å². The number of anilines is 1. The molecular formula is C31H36F3N3O3S. The fourth-order valence-corrected chi connectivity index (χ4v) is 7.85. The van der Waals surface area contributed by atoms with Crippen LogP contribution in [0.5, 0.6) is 0 Å². The van der Waals surface area contributed by atoms with Gasteiger partial charge in [-0.2, -0.15) is 13.2 Å². The molecule has 220 valence electrons. The second-order valence-electron chi connectivity index (χ2n) is 12.7. The molecule has 0 bridgehead atoms. The van der Waals surface area contributed by atoms with E-state index in [1.165, 1.54) is 23.5 Å². The van der Waals surface area contributed by atoms with Crippen LogP contribution < -0.4 is 4.90 Å². The van der Waals surface area contributed by atoms with E-state index < -0.39 is 17.3 Å². The van der Waals surface area contributed by atoms with Gasteiger partial charge in [0.1, 0.15) is 5.60 Å². The predicted octanol–water partition coefficient (Wildman–Crippen LogP) is 7.47. The third-order valence-corrected chi connectivity index (χ3v) is 9.82. The Morgan fingerprint density at radius 3 is 2.54 bits per heavy atom. The summed E-state index contributed by atoms with van der Waals surface area (Å²) >= 11 is 1.37. The van der Waals surface area contributed by atoms with Gasteiger partial charge in [-0.05, 0) is 96.0 Å². The molecule has 0 unspecified atom stereocenters. The van der Waals surface area contributed by atoms with Crippen molar-refractivity contribution < 1.29 is 27.8 Å². The van der Waals surface area contributed by atoms with Crippen LogP contribution >= 0.6 is 11.3 Å². The number of amides is 1. The van der Waals surface area contributed by atoms with Gasteiger partial charge >= 0.3 is 12.3 Å². The number of rotatable bonds is 3. The smallest absolute Gasteiger partial charge is 0.416 e. The molecule has 2 fully saturated rings. The Bertz CT molecular complexity index is 1510. The number of aliphatic hydroxyl groups is 1. The molecule has 1 saturated carbocycles. The molecule has 2 aliphatic heterocycles. The van der Waals surface area contributed by atoms with E-state index in [1.54, 1.807) is 0 Å². The van der Waals surface area contributed by atoms with E-state index in [2.05, 4.69) is 9.88 Å². The number of ether oxygens (including phenoxy) is 1. The van der Waals surface area contributed by atoms with Crippen LogP contribution in [-0.4, -0.2) is 51.4 Å². The van der Waals surface area contributed by atoms with Gasteiger partial charge in [-0.25, -0.2) is 4.79 Å². The maximum Gasteiger partial charge on any atom is 0.416 e. The third-order valence-electron chi connectivity index (χ3n) is 8.67. The number of carbonyl (C=O) groups is 1. The van der Waals surface area contributed by atoms with Gasteiger partial charge in [0, 0.05) is 52.1 Å². The third kappa shape index (κ3) is 5.07. The number of carbonyl (C=O) groups excluding carboxylic acids is 1. The molecule has 1 aromatic carbocycles. The topological polar surface area (TPSA) is 65.9 Å². The normalized spacial score (nSPS) is 20.4. The average Bonchev–Trinajstić information content (AvgIpc) is 3.48. The van der Waals surface area contributed by atoms with Gasteiger partial charge in [0.2, 0.25) is 0 Å². The quantitative estimate of drug-likeness (QED) is 0.345. The number of thiophene rings is 1. The molecule has 1 N–H and O–H groups in total. The maximum atomic E-state index is 14.2. The minimum Gasteiger partial charge on any atom is -0.444 e. The SMILES string of the molecule is Cc1cc(-c2cc(C(F)(F)F)cc3c2N([C@@H]2CN(C(=O)OC(C)(C)C)C4(CCC4)C2)CCC3)c2sc(CO)cc2n1. The average molecular weight is 588 g/mol. The number of fused-ring (bicyclic) bond motifs is 2. The van der Waals surface area contributed by atoms with Crippen LogP contribution in [0.2, 0.25) is 0 Å². The summed E-state index contributed by atoms with van der Waals surface area (Å²) in [6.45, 7) is 8.45. The minimum absolute atomic E-state index is 0.0351. The molecule has 4 heterocycles. The van der Waals surface area contributed by atoms with Crippen LogP contribution in [-0.2, 0) is 23.9 Å². The van der Waals surface area contributed by atoms with Crippen molar-refractivity contribution in [2.75, 3.05) is 18.0 Å². The van der Waals surface area contributed by atoms with Crippen molar-refractivity contribution in [2.45, 2.75) is 96.2 Å². The Morgan fingerprint density at radius 2 is 1.90 bits per heavy atom. The molecule has 0 radical (unpaired) electrons. The van der Waals surface area contributed by atoms with Crippen LogP contribution in [0.25, 0.3) is 21.3 Å². The molecule has 1 aliphatic carbocycles. The van der Waals surface area contributed by atoms with Crippen LogP contribution in [0, 0.1) is 6.92 Å². The molecule has 1 spiro atoms. The van der Waals surface area contributed by atoms with Gasteiger partial charge in [-0.3, -0.25) is 4.98 Å². The molecule has 3 aliphatic rings. The molecule has 3 aromatic rings. The van der Waals surface area contributed by atoms with Crippen molar-refractivity contribution >= 4 is 33.3 Å². The van der Waals surface area contributed by atoms with E-state index in [0.717, 1.165) is 42.5 Å². The number of alkyl halides is 3. The highest BCUT2D eigenvalue weighted by Gasteiger charge is 2.54. The predicted molar refractivity (Wildman–Crippen MR) is 154 cm³/mol. The summed E-state index contributed by atoms with van der Waals surface area (Å²) in [5.74, 6) is 0. The standard InChI is InChI=1S/C31H36F3N3O3S/c1-18-11-24(27-25(35-18)14-22(17-38)41-27)23-13-20(31(32,33)34)12-19-7-5-10-36(26(19)23)21-15-30(8-6-9-30)37(16-21)28(39)40-29(2,3)4/h11-14,21,38H,5-10,15-17H2,1-4H3/t21-/m0/s1. The summed E-state index contributed by atoms with van der Waals surface area (Å²) in [5, 5.41) is 9.80. The van der Waals surface area contributed by atoms with Crippen LogP contribution in [0.4, 0.5) is 23.7 Å². The summed E-state index contributed by atoms with van der Waals surface area (Å²) < 4.78 is 49.2. The van der Waals surface area contributed by atoms with E-state index in [9.17, 15) is 23.1 Å². The first-order valence-corrected chi connectivity index (χ1v) is 15.1. The number of halogens is 3. The summed E-state index contributed by atoms with van der Waals surface area (Å²) in [6, 6.07) is 6.22. The zero-order valence-electron chi connectivity index (χ0n) is 23.9. The largest absolute Gasteiger partial charge is 0.444 e. The number of pyridine rings is 1. The van der Waals surface area contributed by atoms with Crippen LogP contribution in [0.15, 0.2) is 24.3 Å². The lowest BCUT2D eigenvalue weighted by atomic mass is 9.74. The van der Waals surface area contributed by atoms with Gasteiger partial charge in [0.05, 0.1) is 22.4 Å². The lowest BCUT2D eigenvalue weighted by Gasteiger charge is -2.45. The molecule has 6 nitrogen and oxygen atoms in total. The minimum atomic E-state index is -4.49. The first-order chi connectivity index (χ1) is 19.3. The zero-order valence-corrected chi connectivity index (χ0v) is 24.7. The number of likely N-dealkylation sites (tertiary alicyclic amines) is 1. The highest BCUT2D eigenvalue weighted by molar-refractivity contribution is 7.19. The summed E-state index contributed by atoms with van der Waals surface area (Å²) in [7, 11) is 0. The van der Waals surface area contributed by atoms with E-state index in [4.69, 9.17) is 4.74 Å². The van der Waals surface area contributed by atoms with E-state index in [-0.39, 0.29) is 24.3 Å². The highest BCUT2D eigenvalue weighted by Crippen LogP contribution is 2.51. The van der Waals surface area contributed by atoms with Crippen molar-refractivity contribution in [3.8, 4) is 11.1 Å². The number of nitrogens with zero attached hydrogens (tertiary/aromatic N) is 3. The van der Waals surface area contributed by atoms with Gasteiger partial charge in [0.25, 0.3) is 0 Å². The number of aliphatic hydroxyl groups excluding tert-OH is 1. The first kappa shape index (κ1) is 28.3. The Balaban J connectivity index is 1.49. The monoisotopic (exact) mass is 587 g/mol. The second-order valence-corrected chi connectivity index (χ2v) is 13.9. The van der Waals surface area contributed by atoms with E-state index in [1.807, 2.05) is 44.7 Å². The molecule has 6 rings (SSSR count). The van der Waals surface area contributed by atoms with E-state index >= 15 is 0 Å². The number of hydrogen-bond donors (Lipinski definition) is 1. The van der Waals surface area contributed by atoms with Crippen LogP contribution in [0.1, 0.15) is 74.6 Å². The van der Waals surface area contributed by atoms with Gasteiger partial charge in [-0.15, -0.1) is 11.3 Å².